The molecule has 2 aromatic carbocycles. The van der Waals surface area contributed by atoms with E-state index in [1.54, 1.807) is 81.7 Å². The summed E-state index contributed by atoms with van der Waals surface area (Å²) in [5.41, 5.74) is 1.39. The minimum absolute atomic E-state index is 0.0924. The summed E-state index contributed by atoms with van der Waals surface area (Å²) < 4.78 is 40.9. The maximum atomic E-state index is 15.1. The molecule has 2 heterocycles. The largest absolute Gasteiger partial charge is 0.444 e. The van der Waals surface area contributed by atoms with Crippen molar-refractivity contribution in [3.8, 4) is 0 Å². The number of halogens is 2. The van der Waals surface area contributed by atoms with Gasteiger partial charge >= 0.3 is 12.2 Å². The van der Waals surface area contributed by atoms with Gasteiger partial charge in [-0.3, -0.25) is 4.79 Å². The van der Waals surface area contributed by atoms with Crippen molar-refractivity contribution in [2.75, 3.05) is 31.5 Å². The number of benzene rings is 2. The van der Waals surface area contributed by atoms with E-state index in [9.17, 15) is 14.4 Å². The number of rotatable bonds is 4. The fourth-order valence-corrected chi connectivity index (χ4v) is 4.79. The maximum absolute atomic E-state index is 15.1. The third kappa shape index (κ3) is 8.43. The van der Waals surface area contributed by atoms with Crippen molar-refractivity contribution in [2.24, 2.45) is 0 Å². The quantitative estimate of drug-likeness (QED) is 0.402. The number of nitrogens with zero attached hydrogens (tertiary/aromatic N) is 2. The molecule has 0 atom stereocenters. The lowest BCUT2D eigenvalue weighted by atomic mass is 9.97. The van der Waals surface area contributed by atoms with E-state index >= 15 is 8.78 Å². The highest BCUT2D eigenvalue weighted by Gasteiger charge is 2.26. The van der Waals surface area contributed by atoms with Gasteiger partial charge in [-0.25, -0.2) is 18.4 Å². The second kappa shape index (κ2) is 12.6. The second-order valence-electron chi connectivity index (χ2n) is 12.7. The number of anilines is 1. The van der Waals surface area contributed by atoms with E-state index in [-0.39, 0.29) is 11.3 Å². The number of ether oxygens (including phenoxy) is 2. The molecule has 0 aromatic heterocycles. The first-order chi connectivity index (χ1) is 20.1. The first-order valence-corrected chi connectivity index (χ1v) is 14.3. The van der Waals surface area contributed by atoms with Gasteiger partial charge in [0.15, 0.2) is 0 Å². The summed E-state index contributed by atoms with van der Waals surface area (Å²) in [6, 6.07) is 8.61. The van der Waals surface area contributed by atoms with Crippen molar-refractivity contribution in [1.82, 2.24) is 9.80 Å². The Hall–Kier alpha value is -4.21. The van der Waals surface area contributed by atoms with Gasteiger partial charge in [-0.1, -0.05) is 18.2 Å². The van der Waals surface area contributed by atoms with Crippen molar-refractivity contribution < 1.29 is 32.6 Å². The van der Waals surface area contributed by atoms with Gasteiger partial charge in [0, 0.05) is 48.6 Å². The van der Waals surface area contributed by atoms with Gasteiger partial charge in [-0.15, -0.1) is 0 Å². The molecule has 0 unspecified atom stereocenters. The van der Waals surface area contributed by atoms with Crippen LogP contribution in [0.4, 0.5) is 24.1 Å². The van der Waals surface area contributed by atoms with Crippen LogP contribution in [0.15, 0.2) is 48.6 Å². The fraction of sp³-hybridized carbons (Fsp3) is 0.424. The smallest absolute Gasteiger partial charge is 0.410 e. The van der Waals surface area contributed by atoms with E-state index in [1.165, 1.54) is 12.1 Å². The van der Waals surface area contributed by atoms with E-state index in [0.717, 1.165) is 17.2 Å². The molecule has 1 N–H and O–H groups in total. The molecule has 2 aliphatic rings. The normalized spacial score (nSPS) is 15.8. The van der Waals surface area contributed by atoms with Crippen molar-refractivity contribution in [3.05, 3.63) is 76.9 Å². The van der Waals surface area contributed by atoms with Crippen LogP contribution in [0.1, 0.15) is 75.9 Å². The zero-order chi connectivity index (χ0) is 31.5. The summed E-state index contributed by atoms with van der Waals surface area (Å²) in [5, 5.41) is 2.63. The molecule has 3 amide bonds. The minimum Gasteiger partial charge on any atom is -0.444 e. The zero-order valence-corrected chi connectivity index (χ0v) is 25.6. The molecule has 0 aliphatic carbocycles. The lowest BCUT2D eigenvalue weighted by Crippen LogP contribution is -2.39. The van der Waals surface area contributed by atoms with Crippen LogP contribution in [-0.4, -0.2) is 65.3 Å². The highest BCUT2D eigenvalue weighted by Crippen LogP contribution is 2.29. The number of nitrogens with one attached hydrogen (secondary N) is 1. The maximum Gasteiger partial charge on any atom is 0.410 e. The van der Waals surface area contributed by atoms with E-state index in [1.807, 2.05) is 0 Å². The third-order valence-electron chi connectivity index (χ3n) is 6.87. The number of hydrogen-bond donors (Lipinski definition) is 1. The SMILES string of the molecule is CC(C)(C)OC(=O)N1CC=C(c2ccc(NC(=O)c3ccc(C4=CCN(C(=O)OC(C)(C)C)CC4)c(F)c3)cc2F)CC1. The van der Waals surface area contributed by atoms with Crippen LogP contribution >= 0.6 is 0 Å². The predicted molar refractivity (Wildman–Crippen MR) is 162 cm³/mol. The van der Waals surface area contributed by atoms with Crippen LogP contribution < -0.4 is 5.32 Å². The first kappa shape index (κ1) is 31.7. The summed E-state index contributed by atoms with van der Waals surface area (Å²) in [4.78, 5) is 40.6. The Balaban J connectivity index is 1.37. The number of hydrogen-bond acceptors (Lipinski definition) is 5. The van der Waals surface area contributed by atoms with Crippen molar-refractivity contribution in [3.63, 3.8) is 0 Å². The lowest BCUT2D eigenvalue weighted by molar-refractivity contribution is 0.0260. The van der Waals surface area contributed by atoms with Crippen LogP contribution in [0.2, 0.25) is 0 Å². The Morgan fingerprint density at radius 2 is 1.19 bits per heavy atom. The summed E-state index contributed by atoms with van der Waals surface area (Å²) in [6.45, 7) is 12.2. The molecule has 230 valence electrons. The number of carbonyl (C=O) groups excluding carboxylic acids is 3. The van der Waals surface area contributed by atoms with Gasteiger partial charge in [-0.2, -0.15) is 0 Å². The second-order valence-corrected chi connectivity index (χ2v) is 12.7. The van der Waals surface area contributed by atoms with Crippen LogP contribution in [0, 0.1) is 11.6 Å². The van der Waals surface area contributed by atoms with Gasteiger partial charge in [0.2, 0.25) is 0 Å². The van der Waals surface area contributed by atoms with Crippen molar-refractivity contribution >= 4 is 34.9 Å². The molecule has 0 spiro atoms. The van der Waals surface area contributed by atoms with E-state index in [4.69, 9.17) is 9.47 Å². The highest BCUT2D eigenvalue weighted by atomic mass is 19.1. The van der Waals surface area contributed by atoms with E-state index in [2.05, 4.69) is 5.32 Å². The van der Waals surface area contributed by atoms with Gasteiger partial charge < -0.3 is 24.6 Å². The lowest BCUT2D eigenvalue weighted by Gasteiger charge is -2.29. The monoisotopic (exact) mass is 595 g/mol. The van der Waals surface area contributed by atoms with Gasteiger partial charge in [0.05, 0.1) is 0 Å². The van der Waals surface area contributed by atoms with Gasteiger partial charge in [-0.05, 0) is 95.9 Å². The molecule has 2 aliphatic heterocycles. The Bertz CT molecular complexity index is 1470. The summed E-state index contributed by atoms with van der Waals surface area (Å²) in [7, 11) is 0. The Kier molecular flexibility index (Phi) is 9.27. The molecule has 8 nitrogen and oxygen atoms in total. The molecular formula is C33H39F2N3O5. The Morgan fingerprint density at radius 1 is 0.721 bits per heavy atom. The minimum atomic E-state index is -0.600. The highest BCUT2D eigenvalue weighted by molar-refractivity contribution is 6.04. The van der Waals surface area contributed by atoms with Crippen LogP contribution in [0.5, 0.6) is 0 Å². The van der Waals surface area contributed by atoms with Crippen LogP contribution in [0.25, 0.3) is 11.1 Å². The molecule has 4 rings (SSSR count). The summed E-state index contributed by atoms with van der Waals surface area (Å²) >= 11 is 0. The molecule has 0 bridgehead atoms. The Morgan fingerprint density at radius 3 is 1.58 bits per heavy atom. The molecular weight excluding hydrogens is 556 g/mol. The summed E-state index contributed by atoms with van der Waals surface area (Å²) in [5.74, 6) is -1.65. The van der Waals surface area contributed by atoms with Gasteiger partial charge in [0.25, 0.3) is 5.91 Å². The molecule has 2 aromatic rings. The first-order valence-electron chi connectivity index (χ1n) is 14.3. The molecule has 0 radical (unpaired) electrons. The topological polar surface area (TPSA) is 88.2 Å². The number of amides is 3. The van der Waals surface area contributed by atoms with Crippen molar-refractivity contribution in [1.29, 1.82) is 0 Å². The zero-order valence-electron chi connectivity index (χ0n) is 25.6. The fourth-order valence-electron chi connectivity index (χ4n) is 4.79. The average molecular weight is 596 g/mol. The van der Waals surface area contributed by atoms with Gasteiger partial charge in [0.1, 0.15) is 22.8 Å². The van der Waals surface area contributed by atoms with E-state index in [0.29, 0.717) is 50.1 Å². The molecule has 10 heteroatoms. The van der Waals surface area contributed by atoms with Crippen LogP contribution in [0.3, 0.4) is 0 Å². The standard InChI is InChI=1S/C33H39F2N3O5/c1-32(2,3)42-30(40)37-15-11-21(12-16-37)25-9-7-23(19-27(25)34)29(39)36-24-8-10-26(28(35)20-24)22-13-17-38(18-14-22)31(41)43-33(4,5)6/h7-11,13,19-20H,12,14-18H2,1-6H3,(H,36,39). The van der Waals surface area contributed by atoms with E-state index < -0.39 is 40.9 Å². The summed E-state index contributed by atoms with van der Waals surface area (Å²) in [6.07, 6.45) is 3.66. The Labute approximate surface area is 251 Å². The molecule has 0 fully saturated rings. The van der Waals surface area contributed by atoms with Crippen molar-refractivity contribution in [2.45, 2.75) is 65.6 Å². The molecule has 0 saturated heterocycles. The molecule has 0 saturated carbocycles. The third-order valence-corrected chi connectivity index (χ3v) is 6.87. The predicted octanol–water partition coefficient (Wildman–Crippen LogP) is 7.27. The van der Waals surface area contributed by atoms with Crippen LogP contribution in [-0.2, 0) is 9.47 Å². The number of carbonyl (C=O) groups is 3. The average Bonchev–Trinajstić information content (AvgIpc) is 2.91. The molecule has 43 heavy (non-hydrogen) atoms.